The van der Waals surface area contributed by atoms with Crippen LogP contribution in [0.15, 0.2) is 55.0 Å². The van der Waals surface area contributed by atoms with Gasteiger partial charge in [-0.3, -0.25) is 0 Å². The molecule has 1 amide bonds. The highest BCUT2D eigenvalue weighted by molar-refractivity contribution is 5.88. The Morgan fingerprint density at radius 2 is 1.74 bits per heavy atom. The van der Waals surface area contributed by atoms with Crippen LogP contribution in [0.1, 0.15) is 44.1 Å². The molecule has 1 saturated carbocycles. The smallest absolute Gasteiger partial charge is 0.359 e. The summed E-state index contributed by atoms with van der Waals surface area (Å²) in [6.45, 7) is 6.70. The Balaban J connectivity index is 1.19. The van der Waals surface area contributed by atoms with Gasteiger partial charge in [0.15, 0.2) is 5.69 Å². The molecule has 3 atom stereocenters. The molecule has 9 nitrogen and oxygen atoms in total. The fourth-order valence-corrected chi connectivity index (χ4v) is 4.85. The van der Waals surface area contributed by atoms with Gasteiger partial charge < -0.3 is 14.4 Å². The van der Waals surface area contributed by atoms with Gasteiger partial charge in [0, 0.05) is 31.7 Å². The molecule has 0 N–H and O–H groups in total. The molecule has 9 heteroatoms. The summed E-state index contributed by atoms with van der Waals surface area (Å²) in [4.78, 5) is 27.0. The van der Waals surface area contributed by atoms with Gasteiger partial charge in [-0.2, -0.15) is 14.9 Å². The van der Waals surface area contributed by atoms with Crippen molar-refractivity contribution in [2.75, 3.05) is 13.1 Å². The zero-order chi connectivity index (χ0) is 23.9. The van der Waals surface area contributed by atoms with Crippen LogP contribution in [-0.4, -0.2) is 61.3 Å². The number of hydrogen-bond donors (Lipinski definition) is 0. The highest BCUT2D eigenvalue weighted by Crippen LogP contribution is 2.40. The predicted octanol–water partition coefficient (Wildman–Crippen LogP) is 3.78. The predicted molar refractivity (Wildman–Crippen MR) is 124 cm³/mol. The van der Waals surface area contributed by atoms with E-state index in [1.54, 1.807) is 31.6 Å². The summed E-state index contributed by atoms with van der Waals surface area (Å²) in [5.41, 5.74) is 0.433. The van der Waals surface area contributed by atoms with E-state index in [4.69, 9.17) is 9.47 Å². The van der Waals surface area contributed by atoms with Crippen molar-refractivity contribution < 1.29 is 19.1 Å². The van der Waals surface area contributed by atoms with Gasteiger partial charge in [-0.25, -0.2) is 14.3 Å². The summed E-state index contributed by atoms with van der Waals surface area (Å²) in [6, 6.07) is 11.1. The van der Waals surface area contributed by atoms with Gasteiger partial charge in [-0.15, -0.1) is 0 Å². The number of benzene rings is 1. The maximum Gasteiger partial charge on any atom is 0.359 e. The van der Waals surface area contributed by atoms with Gasteiger partial charge in [0.2, 0.25) is 0 Å². The lowest BCUT2D eigenvalue weighted by Crippen LogP contribution is -2.35. The third-order valence-electron chi connectivity index (χ3n) is 6.28. The molecular weight excluding hydrogens is 434 g/mol. The molecule has 1 aliphatic heterocycles. The topological polar surface area (TPSA) is 91.5 Å². The Bertz CT molecular complexity index is 1170. The van der Waals surface area contributed by atoms with Crippen LogP contribution in [-0.2, 0) is 4.74 Å². The van der Waals surface area contributed by atoms with Gasteiger partial charge in [0.1, 0.15) is 17.0 Å². The number of hydrogen-bond acceptors (Lipinski definition) is 6. The first-order valence-corrected chi connectivity index (χ1v) is 11.6. The molecular formula is C25H29N5O4. The SMILES string of the molecule is CC(C)(C)OC(=O)c1ccn(C(=O)N2C[C@H]3CC(Oc4ccccc4-n4cccn4)C[C@H]3C2)n1. The Kier molecular flexibility index (Phi) is 5.63. The summed E-state index contributed by atoms with van der Waals surface area (Å²) in [6.07, 6.45) is 7.06. The molecule has 1 unspecified atom stereocenters. The highest BCUT2D eigenvalue weighted by Gasteiger charge is 2.44. The summed E-state index contributed by atoms with van der Waals surface area (Å²) in [5.74, 6) is 1.04. The quantitative estimate of drug-likeness (QED) is 0.547. The van der Waals surface area contributed by atoms with Crippen molar-refractivity contribution in [1.82, 2.24) is 24.5 Å². The van der Waals surface area contributed by atoms with Crippen LogP contribution in [0.4, 0.5) is 4.79 Å². The molecule has 178 valence electrons. The molecule has 34 heavy (non-hydrogen) atoms. The second kappa shape index (κ2) is 8.62. The van der Waals surface area contributed by atoms with E-state index in [1.165, 1.54) is 16.9 Å². The van der Waals surface area contributed by atoms with E-state index in [1.807, 2.05) is 41.4 Å². The lowest BCUT2D eigenvalue weighted by molar-refractivity contribution is 0.00623. The number of carbonyl (C=O) groups excluding carboxylic acids is 2. The summed E-state index contributed by atoms with van der Waals surface area (Å²) >= 11 is 0. The number of amides is 1. The Hall–Kier alpha value is -3.62. The average molecular weight is 464 g/mol. The molecule has 3 aromatic rings. The monoisotopic (exact) mass is 463 g/mol. The Labute approximate surface area is 198 Å². The number of rotatable bonds is 4. The number of likely N-dealkylation sites (tertiary alicyclic amines) is 1. The number of nitrogens with zero attached hydrogens (tertiary/aromatic N) is 5. The lowest BCUT2D eigenvalue weighted by Gasteiger charge is -2.21. The molecule has 3 heterocycles. The van der Waals surface area contributed by atoms with Gasteiger partial charge in [-0.1, -0.05) is 12.1 Å². The fraction of sp³-hybridized carbons (Fsp3) is 0.440. The van der Waals surface area contributed by atoms with Gasteiger partial charge in [0.25, 0.3) is 0 Å². The number of carbonyl (C=O) groups is 2. The zero-order valence-corrected chi connectivity index (χ0v) is 19.6. The summed E-state index contributed by atoms with van der Waals surface area (Å²) in [5, 5.41) is 8.48. The van der Waals surface area contributed by atoms with Crippen molar-refractivity contribution >= 4 is 12.0 Å². The molecule has 2 fully saturated rings. The number of ether oxygens (including phenoxy) is 2. The van der Waals surface area contributed by atoms with Gasteiger partial charge in [0.05, 0.1) is 6.10 Å². The number of aromatic nitrogens is 4. The van der Waals surface area contributed by atoms with Crippen LogP contribution in [0.2, 0.25) is 0 Å². The first kappa shape index (κ1) is 22.2. The van der Waals surface area contributed by atoms with E-state index in [0.717, 1.165) is 24.3 Å². The first-order chi connectivity index (χ1) is 16.3. The number of fused-ring (bicyclic) bond motifs is 1. The molecule has 0 spiro atoms. The van der Waals surface area contributed by atoms with Crippen molar-refractivity contribution in [2.24, 2.45) is 11.8 Å². The van der Waals surface area contributed by atoms with Crippen molar-refractivity contribution in [2.45, 2.75) is 45.3 Å². The molecule has 0 bridgehead atoms. The van der Waals surface area contributed by atoms with Crippen LogP contribution in [0.25, 0.3) is 5.69 Å². The molecule has 1 saturated heterocycles. The molecule has 2 aromatic heterocycles. The Morgan fingerprint density at radius 3 is 2.41 bits per heavy atom. The van der Waals surface area contributed by atoms with E-state index in [0.29, 0.717) is 24.9 Å². The van der Waals surface area contributed by atoms with Crippen LogP contribution < -0.4 is 4.74 Å². The Morgan fingerprint density at radius 1 is 1.00 bits per heavy atom. The second-order valence-corrected chi connectivity index (χ2v) is 9.98. The minimum atomic E-state index is -0.616. The first-order valence-electron chi connectivity index (χ1n) is 11.6. The molecule has 1 aromatic carbocycles. The zero-order valence-electron chi connectivity index (χ0n) is 19.6. The molecule has 1 aliphatic carbocycles. The summed E-state index contributed by atoms with van der Waals surface area (Å²) in [7, 11) is 0. The normalized spacial score (nSPS) is 22.0. The van der Waals surface area contributed by atoms with E-state index in [2.05, 4.69) is 10.2 Å². The highest BCUT2D eigenvalue weighted by atomic mass is 16.6. The van der Waals surface area contributed by atoms with Crippen molar-refractivity contribution in [3.05, 3.63) is 60.7 Å². The van der Waals surface area contributed by atoms with Gasteiger partial charge in [-0.05, 0) is 69.7 Å². The lowest BCUT2D eigenvalue weighted by atomic mass is 10.0. The third-order valence-corrected chi connectivity index (χ3v) is 6.28. The van der Waals surface area contributed by atoms with Crippen molar-refractivity contribution in [3.63, 3.8) is 0 Å². The summed E-state index contributed by atoms with van der Waals surface area (Å²) < 4.78 is 14.8. The van der Waals surface area contributed by atoms with Crippen molar-refractivity contribution in [3.8, 4) is 11.4 Å². The van der Waals surface area contributed by atoms with E-state index < -0.39 is 11.6 Å². The van der Waals surface area contributed by atoms with Crippen LogP contribution in [0, 0.1) is 11.8 Å². The van der Waals surface area contributed by atoms with E-state index in [9.17, 15) is 9.59 Å². The molecule has 2 aliphatic rings. The molecule has 0 radical (unpaired) electrons. The van der Waals surface area contributed by atoms with Gasteiger partial charge >= 0.3 is 12.0 Å². The third kappa shape index (κ3) is 4.55. The fourth-order valence-electron chi connectivity index (χ4n) is 4.85. The maximum atomic E-state index is 13.0. The van der Waals surface area contributed by atoms with Crippen LogP contribution >= 0.6 is 0 Å². The maximum absolute atomic E-state index is 13.0. The number of esters is 1. The van der Waals surface area contributed by atoms with Crippen LogP contribution in [0.3, 0.4) is 0 Å². The van der Waals surface area contributed by atoms with E-state index >= 15 is 0 Å². The average Bonchev–Trinajstić information content (AvgIpc) is 3.55. The minimum Gasteiger partial charge on any atom is -0.488 e. The largest absolute Gasteiger partial charge is 0.488 e. The van der Waals surface area contributed by atoms with E-state index in [-0.39, 0.29) is 17.8 Å². The van der Waals surface area contributed by atoms with Crippen molar-refractivity contribution in [1.29, 1.82) is 0 Å². The minimum absolute atomic E-state index is 0.104. The second-order valence-electron chi connectivity index (χ2n) is 9.98. The number of para-hydroxylation sites is 2. The molecule has 5 rings (SSSR count). The van der Waals surface area contributed by atoms with Crippen LogP contribution in [0.5, 0.6) is 5.75 Å². The standard InChI is InChI=1S/C25H29N5O4/c1-25(2,3)34-23(31)20-9-12-30(27-20)24(32)28-15-17-13-19(14-18(17)16-28)33-22-8-5-4-7-21(22)29-11-6-10-26-29/h4-12,17-19H,13-16H2,1-3H3/t17-,18+,19?.